The second-order valence-corrected chi connectivity index (χ2v) is 6.08. The van der Waals surface area contributed by atoms with E-state index in [4.69, 9.17) is 10.00 Å². The third kappa shape index (κ3) is 4.22. The van der Waals surface area contributed by atoms with E-state index in [2.05, 4.69) is 22.4 Å². The number of benzene rings is 1. The number of nitrogens with zero attached hydrogens (tertiary/aromatic N) is 3. The van der Waals surface area contributed by atoms with Crippen LogP contribution >= 0.6 is 23.3 Å². The van der Waals surface area contributed by atoms with E-state index in [1.165, 1.54) is 11.5 Å². The van der Waals surface area contributed by atoms with Crippen LogP contribution in [0.5, 0.6) is 5.75 Å². The molecule has 0 fully saturated rings. The van der Waals surface area contributed by atoms with Crippen molar-refractivity contribution in [2.75, 3.05) is 12.4 Å². The Bertz CT molecular complexity index is 592. The molecule has 1 aromatic heterocycles. The van der Waals surface area contributed by atoms with Gasteiger partial charge in [-0.25, -0.2) is 4.98 Å². The highest BCUT2D eigenvalue weighted by Gasteiger charge is 2.04. The van der Waals surface area contributed by atoms with Crippen LogP contribution in [0.15, 0.2) is 28.6 Å². The molecule has 0 radical (unpaired) electrons. The van der Waals surface area contributed by atoms with Gasteiger partial charge in [-0.1, -0.05) is 30.8 Å². The van der Waals surface area contributed by atoms with E-state index in [1.54, 1.807) is 17.8 Å². The smallest absolute Gasteiger partial charge is 0.170 e. The first-order valence-electron chi connectivity index (χ1n) is 6.40. The predicted octanol–water partition coefficient (Wildman–Crippen LogP) is 3.53. The second kappa shape index (κ2) is 7.88. The lowest BCUT2D eigenvalue weighted by molar-refractivity contribution is 0.318. The first kappa shape index (κ1) is 14.8. The molecule has 0 saturated carbocycles. The van der Waals surface area contributed by atoms with Gasteiger partial charge < -0.3 is 4.74 Å². The number of thioether (sulfide) groups is 1. The van der Waals surface area contributed by atoms with E-state index < -0.39 is 0 Å². The van der Waals surface area contributed by atoms with Gasteiger partial charge in [0.05, 0.1) is 12.2 Å². The third-order valence-electron chi connectivity index (χ3n) is 2.54. The molecule has 0 amide bonds. The molecule has 0 spiro atoms. The van der Waals surface area contributed by atoms with Crippen LogP contribution in [0, 0.1) is 11.3 Å². The molecule has 0 aliphatic carbocycles. The molecule has 4 nitrogen and oxygen atoms in total. The van der Waals surface area contributed by atoms with Crippen LogP contribution in [0.2, 0.25) is 0 Å². The van der Waals surface area contributed by atoms with Crippen molar-refractivity contribution in [3.63, 3.8) is 0 Å². The zero-order valence-corrected chi connectivity index (χ0v) is 12.8. The third-order valence-corrected chi connectivity index (χ3v) is 4.50. The van der Waals surface area contributed by atoms with E-state index in [9.17, 15) is 0 Å². The van der Waals surface area contributed by atoms with E-state index in [0.717, 1.165) is 28.8 Å². The van der Waals surface area contributed by atoms with Crippen molar-refractivity contribution in [1.29, 1.82) is 5.26 Å². The maximum absolute atomic E-state index is 8.95. The Morgan fingerprint density at radius 3 is 3.00 bits per heavy atom. The van der Waals surface area contributed by atoms with Gasteiger partial charge in [-0.05, 0) is 30.1 Å². The quantitative estimate of drug-likeness (QED) is 0.578. The molecule has 2 rings (SSSR count). The van der Waals surface area contributed by atoms with Crippen molar-refractivity contribution < 1.29 is 4.74 Å². The minimum atomic E-state index is 0.580. The summed E-state index contributed by atoms with van der Waals surface area (Å²) in [7, 11) is 0. The Balaban J connectivity index is 1.70. The van der Waals surface area contributed by atoms with Crippen molar-refractivity contribution in [2.45, 2.75) is 24.1 Å². The van der Waals surface area contributed by atoms with Gasteiger partial charge in [0.15, 0.2) is 4.34 Å². The molecule has 0 atom stereocenters. The second-order valence-electron chi connectivity index (χ2n) is 3.99. The molecule has 0 bridgehead atoms. The largest absolute Gasteiger partial charge is 0.492 e. The Morgan fingerprint density at radius 1 is 1.40 bits per heavy atom. The number of hydrogen-bond acceptors (Lipinski definition) is 6. The molecule has 6 heteroatoms. The van der Waals surface area contributed by atoms with Crippen LogP contribution in [0.3, 0.4) is 0 Å². The van der Waals surface area contributed by atoms with Crippen LogP contribution in [0.25, 0.3) is 0 Å². The highest BCUT2D eigenvalue weighted by molar-refractivity contribution is 8.00. The summed E-state index contributed by atoms with van der Waals surface area (Å²) < 4.78 is 10.9. The van der Waals surface area contributed by atoms with Crippen LogP contribution in [-0.2, 0) is 6.42 Å². The topological polar surface area (TPSA) is 58.8 Å². The average Bonchev–Trinajstić information content (AvgIpc) is 2.95. The number of nitriles is 1. The van der Waals surface area contributed by atoms with Gasteiger partial charge in [0, 0.05) is 12.2 Å². The first-order valence-corrected chi connectivity index (χ1v) is 8.16. The Morgan fingerprint density at radius 2 is 2.25 bits per heavy atom. The number of aromatic nitrogens is 2. The highest BCUT2D eigenvalue weighted by atomic mass is 32.2. The first-order chi connectivity index (χ1) is 9.83. The molecule has 0 aliphatic heterocycles. The maximum Gasteiger partial charge on any atom is 0.170 e. The van der Waals surface area contributed by atoms with Crippen molar-refractivity contribution in [2.24, 2.45) is 0 Å². The minimum absolute atomic E-state index is 0.580. The van der Waals surface area contributed by atoms with Crippen molar-refractivity contribution >= 4 is 23.3 Å². The monoisotopic (exact) mass is 305 g/mol. The summed E-state index contributed by atoms with van der Waals surface area (Å²) in [6, 6.07) is 9.42. The lowest BCUT2D eigenvalue weighted by Gasteiger charge is -2.06. The molecular formula is C14H15N3OS2. The van der Waals surface area contributed by atoms with Gasteiger partial charge in [-0.15, -0.1) is 0 Å². The highest BCUT2D eigenvalue weighted by Crippen LogP contribution is 2.21. The summed E-state index contributed by atoms with van der Waals surface area (Å²) in [4.78, 5) is 4.40. The van der Waals surface area contributed by atoms with Gasteiger partial charge in [0.2, 0.25) is 0 Å². The number of hydrogen-bond donors (Lipinski definition) is 0. The van der Waals surface area contributed by atoms with Crippen molar-refractivity contribution in [3.05, 3.63) is 35.7 Å². The van der Waals surface area contributed by atoms with Gasteiger partial charge in [0.25, 0.3) is 0 Å². The molecule has 0 unspecified atom stereocenters. The summed E-state index contributed by atoms with van der Waals surface area (Å²) in [5, 5.41) is 8.95. The number of rotatable bonds is 7. The minimum Gasteiger partial charge on any atom is -0.492 e. The van der Waals surface area contributed by atoms with Gasteiger partial charge in [0.1, 0.15) is 17.6 Å². The van der Waals surface area contributed by atoms with Crippen LogP contribution < -0.4 is 4.74 Å². The van der Waals surface area contributed by atoms with E-state index >= 15 is 0 Å². The van der Waals surface area contributed by atoms with Crippen LogP contribution in [-0.4, -0.2) is 21.7 Å². The molecule has 0 N–H and O–H groups in total. The lowest BCUT2D eigenvalue weighted by atomic mass is 10.2. The van der Waals surface area contributed by atoms with E-state index in [0.29, 0.717) is 17.9 Å². The molecule has 0 aliphatic rings. The summed E-state index contributed by atoms with van der Waals surface area (Å²) in [5.41, 5.74) is 0.580. The summed E-state index contributed by atoms with van der Waals surface area (Å²) >= 11 is 3.15. The number of aryl methyl sites for hydroxylation is 1. The van der Waals surface area contributed by atoms with E-state index in [-0.39, 0.29) is 0 Å². The van der Waals surface area contributed by atoms with Gasteiger partial charge in [-0.2, -0.15) is 9.64 Å². The zero-order chi connectivity index (χ0) is 14.2. The molecule has 20 heavy (non-hydrogen) atoms. The number of para-hydroxylation sites is 1. The van der Waals surface area contributed by atoms with Gasteiger partial charge in [-0.3, -0.25) is 0 Å². The Labute approximate surface area is 127 Å². The summed E-state index contributed by atoms with van der Waals surface area (Å²) in [6.45, 7) is 2.65. The maximum atomic E-state index is 8.95. The molecule has 1 aromatic carbocycles. The average molecular weight is 305 g/mol. The van der Waals surface area contributed by atoms with Crippen molar-refractivity contribution in [3.8, 4) is 11.8 Å². The summed E-state index contributed by atoms with van der Waals surface area (Å²) in [5.74, 6) is 2.51. The Hall–Kier alpha value is -1.58. The fourth-order valence-corrected chi connectivity index (χ4v) is 3.20. The molecular weight excluding hydrogens is 290 g/mol. The SMILES string of the molecule is CCc1nsc(SCCCOc2ccccc2C#N)n1. The van der Waals surface area contributed by atoms with E-state index in [1.807, 2.05) is 18.2 Å². The lowest BCUT2D eigenvalue weighted by Crippen LogP contribution is -2.00. The fourth-order valence-electron chi connectivity index (χ4n) is 1.53. The normalized spacial score (nSPS) is 10.2. The van der Waals surface area contributed by atoms with Gasteiger partial charge >= 0.3 is 0 Å². The fraction of sp³-hybridized carbons (Fsp3) is 0.357. The zero-order valence-electron chi connectivity index (χ0n) is 11.2. The Kier molecular flexibility index (Phi) is 5.84. The predicted molar refractivity (Wildman–Crippen MR) is 81.3 cm³/mol. The molecule has 2 aromatic rings. The van der Waals surface area contributed by atoms with Crippen molar-refractivity contribution in [1.82, 2.24) is 9.36 Å². The number of ether oxygens (including phenoxy) is 1. The van der Waals surface area contributed by atoms with Crippen LogP contribution in [0.1, 0.15) is 24.7 Å². The summed E-state index contributed by atoms with van der Waals surface area (Å²) in [6.07, 6.45) is 1.79. The molecule has 0 saturated heterocycles. The standard InChI is InChI=1S/C14H15N3OS2/c1-2-13-16-14(20-17-13)19-9-5-8-18-12-7-4-3-6-11(12)10-15/h3-4,6-7H,2,5,8-9H2,1H3. The van der Waals surface area contributed by atoms with Crippen LogP contribution in [0.4, 0.5) is 0 Å². The molecule has 1 heterocycles. The molecule has 104 valence electrons.